The van der Waals surface area contributed by atoms with E-state index in [0.717, 1.165) is 22.5 Å². The number of fused-ring (bicyclic) bond motifs is 4. The number of carbonyl (C=O) groups is 1. The average molecular weight is 570 g/mol. The number of hydrogen-bond acceptors (Lipinski definition) is 7. The van der Waals surface area contributed by atoms with Crippen molar-refractivity contribution in [3.05, 3.63) is 82.4 Å². The topological polar surface area (TPSA) is 125 Å². The van der Waals surface area contributed by atoms with E-state index in [4.69, 9.17) is 16.6 Å². The monoisotopic (exact) mass is 569 g/mol. The van der Waals surface area contributed by atoms with Crippen molar-refractivity contribution in [1.29, 1.82) is 0 Å². The number of halogens is 1. The van der Waals surface area contributed by atoms with E-state index < -0.39 is 0 Å². The van der Waals surface area contributed by atoms with Crippen LogP contribution in [-0.2, 0) is 18.9 Å². The second-order valence-electron chi connectivity index (χ2n) is 10.3. The lowest BCUT2D eigenvalue weighted by Crippen LogP contribution is -2.27. The maximum absolute atomic E-state index is 13.7. The highest BCUT2D eigenvalue weighted by Crippen LogP contribution is 2.34. The van der Waals surface area contributed by atoms with Crippen LogP contribution in [-0.4, -0.2) is 45.2 Å². The molecule has 11 nitrogen and oxygen atoms in total. The van der Waals surface area contributed by atoms with Gasteiger partial charge in [0.25, 0.3) is 5.56 Å². The van der Waals surface area contributed by atoms with E-state index in [1.807, 2.05) is 32.2 Å². The number of aryl methyl sites for hydroxylation is 2. The summed E-state index contributed by atoms with van der Waals surface area (Å²) in [5.41, 5.74) is 5.34. The highest BCUT2D eigenvalue weighted by atomic mass is 35.5. The van der Waals surface area contributed by atoms with Crippen molar-refractivity contribution < 1.29 is 4.79 Å². The Morgan fingerprint density at radius 2 is 1.85 bits per heavy atom. The van der Waals surface area contributed by atoms with Gasteiger partial charge in [-0.15, -0.1) is 5.10 Å². The molecule has 1 amide bonds. The molecule has 0 fully saturated rings. The van der Waals surface area contributed by atoms with E-state index in [0.29, 0.717) is 46.9 Å². The molecule has 0 saturated carbocycles. The summed E-state index contributed by atoms with van der Waals surface area (Å²) in [7, 11) is 3.62. The number of pyridine rings is 1. The van der Waals surface area contributed by atoms with E-state index in [2.05, 4.69) is 25.7 Å². The molecule has 4 aromatic heterocycles. The summed E-state index contributed by atoms with van der Waals surface area (Å²) in [5.74, 6) is -0.275. The summed E-state index contributed by atoms with van der Waals surface area (Å²) in [4.78, 5) is 36.0. The smallest absolute Gasteiger partial charge is 0.254 e. The van der Waals surface area contributed by atoms with Crippen molar-refractivity contribution >= 4 is 23.2 Å². The minimum atomic E-state index is -0.380. The number of amides is 1. The predicted molar refractivity (Wildman–Crippen MR) is 155 cm³/mol. The van der Waals surface area contributed by atoms with Crippen LogP contribution >= 0.6 is 11.6 Å². The van der Waals surface area contributed by atoms with E-state index in [1.54, 1.807) is 58.0 Å². The van der Waals surface area contributed by atoms with Gasteiger partial charge in [0.05, 0.1) is 47.5 Å². The molecular formula is C29H28ClN9O2. The van der Waals surface area contributed by atoms with Gasteiger partial charge in [0, 0.05) is 54.0 Å². The second-order valence-corrected chi connectivity index (χ2v) is 10.8. The van der Waals surface area contributed by atoms with Crippen molar-refractivity contribution in [2.45, 2.75) is 32.2 Å². The quantitative estimate of drug-likeness (QED) is 0.339. The van der Waals surface area contributed by atoms with Crippen LogP contribution in [0.3, 0.4) is 0 Å². The third-order valence-electron chi connectivity index (χ3n) is 7.46. The molecule has 41 heavy (non-hydrogen) atoms. The van der Waals surface area contributed by atoms with Gasteiger partial charge in [0.15, 0.2) is 0 Å². The van der Waals surface area contributed by atoms with Crippen molar-refractivity contribution in [1.82, 2.24) is 39.3 Å². The molecule has 1 aromatic carbocycles. The Morgan fingerprint density at radius 3 is 2.63 bits per heavy atom. The average Bonchev–Trinajstić information content (AvgIpc) is 3.55. The predicted octanol–water partition coefficient (Wildman–Crippen LogP) is 4.50. The van der Waals surface area contributed by atoms with Crippen LogP contribution in [0.5, 0.6) is 0 Å². The molecule has 0 aliphatic carbocycles. The molecule has 1 aliphatic rings. The molecular weight excluding hydrogens is 542 g/mol. The Labute approximate surface area is 240 Å². The first kappa shape index (κ1) is 26.6. The molecule has 6 rings (SSSR count). The van der Waals surface area contributed by atoms with E-state index in [9.17, 15) is 9.59 Å². The molecule has 1 aliphatic heterocycles. The molecule has 0 spiro atoms. The first-order valence-corrected chi connectivity index (χ1v) is 13.7. The largest absolute Gasteiger partial charge is 0.323 e. The molecule has 1 N–H and O–H groups in total. The van der Waals surface area contributed by atoms with Gasteiger partial charge in [-0.1, -0.05) is 36.2 Å². The summed E-state index contributed by atoms with van der Waals surface area (Å²) < 4.78 is 4.95. The van der Waals surface area contributed by atoms with Gasteiger partial charge >= 0.3 is 0 Å². The number of aromatic nitrogens is 8. The third kappa shape index (κ3) is 5.16. The van der Waals surface area contributed by atoms with Gasteiger partial charge in [0.2, 0.25) is 5.91 Å². The number of rotatable bonds is 3. The maximum atomic E-state index is 13.7. The normalized spacial score (nSPS) is 17.3. The standard InChI is InChI=1S/C29H28ClN9O2/c1-17-5-4-6-26(23-11-18(9-10-31-23)28-24(34-29(17)41)14-33-38(28)3)39-16-32-22(13-27(39)40)21-12-19(30)7-8-20(21)25-15-37(2)36-35-25/h7-17,26H,4-6H2,1-3H3,(H,34,41)/t17-,26+/m1/s1. The van der Waals surface area contributed by atoms with Crippen molar-refractivity contribution in [3.63, 3.8) is 0 Å². The summed E-state index contributed by atoms with van der Waals surface area (Å²) in [6.07, 6.45) is 8.71. The molecule has 0 unspecified atom stereocenters. The van der Waals surface area contributed by atoms with E-state index in [-0.39, 0.29) is 23.4 Å². The summed E-state index contributed by atoms with van der Waals surface area (Å²) in [5, 5.41) is 16.2. The molecule has 2 bridgehead atoms. The molecule has 208 valence electrons. The zero-order valence-electron chi connectivity index (χ0n) is 22.8. The van der Waals surface area contributed by atoms with Crippen molar-refractivity contribution in [2.24, 2.45) is 20.0 Å². The van der Waals surface area contributed by atoms with Gasteiger partial charge in [-0.25, -0.2) is 4.98 Å². The van der Waals surface area contributed by atoms with Crippen molar-refractivity contribution in [3.8, 4) is 33.8 Å². The van der Waals surface area contributed by atoms with Gasteiger partial charge < -0.3 is 5.32 Å². The van der Waals surface area contributed by atoms with Gasteiger partial charge in [-0.05, 0) is 37.1 Å². The van der Waals surface area contributed by atoms with Gasteiger partial charge in [-0.3, -0.25) is 28.5 Å². The fraction of sp³-hybridized carbons (Fsp3) is 0.276. The number of anilines is 1. The number of nitrogens with one attached hydrogen (secondary N) is 1. The lowest BCUT2D eigenvalue weighted by molar-refractivity contribution is -0.119. The van der Waals surface area contributed by atoms with Crippen LogP contribution < -0.4 is 10.9 Å². The number of carbonyl (C=O) groups excluding carboxylic acids is 1. The van der Waals surface area contributed by atoms with Crippen LogP contribution in [0.4, 0.5) is 5.69 Å². The van der Waals surface area contributed by atoms with E-state index >= 15 is 0 Å². The number of nitrogens with zero attached hydrogens (tertiary/aromatic N) is 8. The molecule has 0 saturated heterocycles. The Bertz CT molecular complexity index is 1820. The molecule has 12 heteroatoms. The first-order chi connectivity index (χ1) is 19.8. The Morgan fingerprint density at radius 1 is 1.00 bits per heavy atom. The summed E-state index contributed by atoms with van der Waals surface area (Å²) >= 11 is 6.34. The molecule has 5 aromatic rings. The highest BCUT2D eigenvalue weighted by Gasteiger charge is 2.24. The van der Waals surface area contributed by atoms with Crippen molar-refractivity contribution in [2.75, 3.05) is 5.32 Å². The molecule has 5 heterocycles. The van der Waals surface area contributed by atoms with Crippen LogP contribution in [0.25, 0.3) is 33.8 Å². The van der Waals surface area contributed by atoms with Gasteiger partial charge in [0.1, 0.15) is 5.69 Å². The Balaban J connectivity index is 1.44. The van der Waals surface area contributed by atoms with Crippen LogP contribution in [0.15, 0.2) is 66.1 Å². The minimum Gasteiger partial charge on any atom is -0.323 e. The fourth-order valence-corrected chi connectivity index (χ4v) is 5.47. The lowest BCUT2D eigenvalue weighted by atomic mass is 9.97. The first-order valence-electron chi connectivity index (χ1n) is 13.3. The fourth-order valence-electron chi connectivity index (χ4n) is 5.30. The minimum absolute atomic E-state index is 0.0609. The Hall–Kier alpha value is -4.64. The zero-order valence-corrected chi connectivity index (χ0v) is 23.6. The molecule has 0 radical (unpaired) electrons. The van der Waals surface area contributed by atoms with Crippen LogP contribution in [0.2, 0.25) is 5.02 Å². The summed E-state index contributed by atoms with van der Waals surface area (Å²) in [6, 6.07) is 10.4. The number of benzene rings is 1. The zero-order chi connectivity index (χ0) is 28.7. The maximum Gasteiger partial charge on any atom is 0.254 e. The van der Waals surface area contributed by atoms with Crippen LogP contribution in [0.1, 0.15) is 37.9 Å². The lowest BCUT2D eigenvalue weighted by Gasteiger charge is -2.22. The highest BCUT2D eigenvalue weighted by molar-refractivity contribution is 6.31. The van der Waals surface area contributed by atoms with E-state index in [1.165, 1.54) is 6.07 Å². The summed E-state index contributed by atoms with van der Waals surface area (Å²) in [6.45, 7) is 1.91. The number of hydrogen-bond donors (Lipinski definition) is 1. The Kier molecular flexibility index (Phi) is 6.96. The van der Waals surface area contributed by atoms with Gasteiger partial charge in [-0.2, -0.15) is 5.10 Å². The second kappa shape index (κ2) is 10.7. The SMILES string of the molecule is C[C@@H]1CCC[C@H](n2cnc(-c3cc(Cl)ccc3-c3cn(C)nn3)cc2=O)c2cc(ccn2)-c2c(cnn2C)NC1=O. The third-order valence-corrected chi connectivity index (χ3v) is 7.70. The van der Waals surface area contributed by atoms with Crippen LogP contribution in [0, 0.1) is 5.92 Å². The molecule has 2 atom stereocenters.